The molecule has 2 rings (SSSR count). The predicted octanol–water partition coefficient (Wildman–Crippen LogP) is 4.71. The highest BCUT2D eigenvalue weighted by Crippen LogP contribution is 2.21. The minimum atomic E-state index is 0.751. The fourth-order valence-corrected chi connectivity index (χ4v) is 3.75. The summed E-state index contributed by atoms with van der Waals surface area (Å²) in [5, 5.41) is 5.87. The molecule has 1 heterocycles. The standard InChI is InChI=1S/C13H20BrNS/c14-11-8-13(16-10-11)9-15-12-6-4-2-1-3-5-7-12/h8,10,12,15H,1-7,9H2. The van der Waals surface area contributed by atoms with Gasteiger partial charge in [0.1, 0.15) is 0 Å². The zero-order chi connectivity index (χ0) is 11.2. The van der Waals surface area contributed by atoms with E-state index < -0.39 is 0 Å². The smallest absolute Gasteiger partial charge is 0.0302 e. The largest absolute Gasteiger partial charge is 0.309 e. The Hall–Kier alpha value is 0.140. The molecule has 1 aromatic rings. The van der Waals surface area contributed by atoms with Gasteiger partial charge in [0.25, 0.3) is 0 Å². The van der Waals surface area contributed by atoms with Gasteiger partial charge in [-0.15, -0.1) is 11.3 Å². The summed E-state index contributed by atoms with van der Waals surface area (Å²) in [6.45, 7) is 1.04. The molecular formula is C13H20BrNS. The van der Waals surface area contributed by atoms with Crippen LogP contribution in [-0.4, -0.2) is 6.04 Å². The Bertz CT molecular complexity index is 303. The van der Waals surface area contributed by atoms with E-state index in [1.807, 2.05) is 11.3 Å². The van der Waals surface area contributed by atoms with Gasteiger partial charge in [0.2, 0.25) is 0 Å². The van der Waals surface area contributed by atoms with Crippen LogP contribution in [0.1, 0.15) is 49.8 Å². The van der Waals surface area contributed by atoms with E-state index in [2.05, 4.69) is 32.7 Å². The molecule has 0 saturated heterocycles. The van der Waals surface area contributed by atoms with Crippen LogP contribution in [0.5, 0.6) is 0 Å². The molecule has 1 aliphatic carbocycles. The van der Waals surface area contributed by atoms with Crippen LogP contribution in [0.3, 0.4) is 0 Å². The van der Waals surface area contributed by atoms with E-state index in [0.717, 1.165) is 12.6 Å². The molecule has 1 nitrogen and oxygen atoms in total. The lowest BCUT2D eigenvalue weighted by atomic mass is 9.97. The molecule has 0 bridgehead atoms. The zero-order valence-corrected chi connectivity index (χ0v) is 12.1. The van der Waals surface area contributed by atoms with Crippen LogP contribution >= 0.6 is 27.3 Å². The van der Waals surface area contributed by atoms with Crippen molar-refractivity contribution < 1.29 is 0 Å². The molecule has 0 amide bonds. The van der Waals surface area contributed by atoms with Gasteiger partial charge in [-0.2, -0.15) is 0 Å². The second kappa shape index (κ2) is 6.77. The van der Waals surface area contributed by atoms with Gasteiger partial charge in [-0.05, 0) is 34.8 Å². The SMILES string of the molecule is Brc1csc(CNC2CCCCCCC2)c1. The first-order chi connectivity index (χ1) is 7.84. The van der Waals surface area contributed by atoms with E-state index in [-0.39, 0.29) is 0 Å². The first-order valence-corrected chi connectivity index (χ1v) is 7.98. The lowest BCUT2D eigenvalue weighted by Gasteiger charge is -2.20. The van der Waals surface area contributed by atoms with Crippen LogP contribution in [0, 0.1) is 0 Å². The summed E-state index contributed by atoms with van der Waals surface area (Å²) in [5.74, 6) is 0. The topological polar surface area (TPSA) is 12.0 Å². The highest BCUT2D eigenvalue weighted by molar-refractivity contribution is 9.10. The Morgan fingerprint density at radius 1 is 1.19 bits per heavy atom. The number of hydrogen-bond acceptors (Lipinski definition) is 2. The molecule has 3 heteroatoms. The van der Waals surface area contributed by atoms with Gasteiger partial charge in [-0.25, -0.2) is 0 Å². The Kier molecular flexibility index (Phi) is 5.33. The third-order valence-corrected chi connectivity index (χ3v) is 4.99. The molecule has 1 aliphatic rings. The predicted molar refractivity (Wildman–Crippen MR) is 75.0 cm³/mol. The third-order valence-electron chi connectivity index (χ3n) is 3.29. The van der Waals surface area contributed by atoms with E-state index in [0.29, 0.717) is 0 Å². The van der Waals surface area contributed by atoms with E-state index in [1.165, 1.54) is 54.3 Å². The molecule has 1 fully saturated rings. The Morgan fingerprint density at radius 3 is 2.50 bits per heavy atom. The summed E-state index contributed by atoms with van der Waals surface area (Å²) < 4.78 is 1.21. The van der Waals surface area contributed by atoms with Gasteiger partial charge in [0, 0.05) is 27.3 Å². The van der Waals surface area contributed by atoms with Gasteiger partial charge in [0.05, 0.1) is 0 Å². The average Bonchev–Trinajstić information content (AvgIpc) is 2.63. The van der Waals surface area contributed by atoms with Gasteiger partial charge in [-0.1, -0.05) is 32.1 Å². The number of nitrogens with one attached hydrogen (secondary N) is 1. The Balaban J connectivity index is 1.75. The second-order valence-electron chi connectivity index (χ2n) is 4.65. The number of rotatable bonds is 3. The molecule has 16 heavy (non-hydrogen) atoms. The molecule has 0 spiro atoms. The molecule has 1 N–H and O–H groups in total. The lowest BCUT2D eigenvalue weighted by molar-refractivity contribution is 0.390. The maximum Gasteiger partial charge on any atom is 0.0302 e. The van der Waals surface area contributed by atoms with Crippen molar-refractivity contribution in [3.8, 4) is 0 Å². The zero-order valence-electron chi connectivity index (χ0n) is 9.68. The van der Waals surface area contributed by atoms with Crippen LogP contribution in [0.4, 0.5) is 0 Å². The molecule has 0 aliphatic heterocycles. The highest BCUT2D eigenvalue weighted by atomic mass is 79.9. The van der Waals surface area contributed by atoms with Crippen molar-refractivity contribution in [1.82, 2.24) is 5.32 Å². The van der Waals surface area contributed by atoms with Crippen molar-refractivity contribution >= 4 is 27.3 Å². The minimum Gasteiger partial charge on any atom is -0.309 e. The minimum absolute atomic E-state index is 0.751. The first kappa shape index (κ1) is 12.6. The van der Waals surface area contributed by atoms with Crippen molar-refractivity contribution in [3.63, 3.8) is 0 Å². The molecule has 1 aromatic heterocycles. The van der Waals surface area contributed by atoms with Crippen molar-refractivity contribution in [1.29, 1.82) is 0 Å². The van der Waals surface area contributed by atoms with Crippen molar-refractivity contribution in [2.24, 2.45) is 0 Å². The fraction of sp³-hybridized carbons (Fsp3) is 0.692. The van der Waals surface area contributed by atoms with E-state index in [9.17, 15) is 0 Å². The monoisotopic (exact) mass is 301 g/mol. The average molecular weight is 302 g/mol. The van der Waals surface area contributed by atoms with Gasteiger partial charge in [-0.3, -0.25) is 0 Å². The number of halogens is 1. The Morgan fingerprint density at radius 2 is 1.88 bits per heavy atom. The van der Waals surface area contributed by atoms with Crippen LogP contribution in [0.25, 0.3) is 0 Å². The molecule has 90 valence electrons. The molecule has 0 aromatic carbocycles. The maximum atomic E-state index is 3.71. The van der Waals surface area contributed by atoms with Crippen LogP contribution in [0.15, 0.2) is 15.9 Å². The molecule has 1 saturated carbocycles. The van der Waals surface area contributed by atoms with Crippen molar-refractivity contribution in [2.75, 3.05) is 0 Å². The molecule has 0 unspecified atom stereocenters. The number of thiophene rings is 1. The Labute approximate surface area is 111 Å². The summed E-state index contributed by atoms with van der Waals surface area (Å²) in [7, 11) is 0. The fourth-order valence-electron chi connectivity index (χ4n) is 2.35. The second-order valence-corrected chi connectivity index (χ2v) is 6.57. The van der Waals surface area contributed by atoms with Crippen LogP contribution in [0.2, 0.25) is 0 Å². The quantitative estimate of drug-likeness (QED) is 0.852. The summed E-state index contributed by atoms with van der Waals surface area (Å²) in [5.41, 5.74) is 0. The highest BCUT2D eigenvalue weighted by Gasteiger charge is 2.10. The summed E-state index contributed by atoms with van der Waals surface area (Å²) in [4.78, 5) is 1.44. The van der Waals surface area contributed by atoms with E-state index in [4.69, 9.17) is 0 Å². The van der Waals surface area contributed by atoms with E-state index >= 15 is 0 Å². The molecule has 0 atom stereocenters. The lowest BCUT2D eigenvalue weighted by Crippen LogP contribution is -2.28. The van der Waals surface area contributed by atoms with Gasteiger partial charge in [0.15, 0.2) is 0 Å². The summed E-state index contributed by atoms with van der Waals surface area (Å²) in [6.07, 6.45) is 9.87. The molecular weight excluding hydrogens is 282 g/mol. The molecule has 0 radical (unpaired) electrons. The normalized spacial score (nSPS) is 19.3. The first-order valence-electron chi connectivity index (χ1n) is 6.31. The van der Waals surface area contributed by atoms with Crippen LogP contribution < -0.4 is 5.32 Å². The van der Waals surface area contributed by atoms with Crippen molar-refractivity contribution in [2.45, 2.75) is 57.5 Å². The van der Waals surface area contributed by atoms with Crippen LogP contribution in [-0.2, 0) is 6.54 Å². The summed E-state index contributed by atoms with van der Waals surface area (Å²) >= 11 is 5.34. The van der Waals surface area contributed by atoms with Gasteiger partial charge >= 0.3 is 0 Å². The van der Waals surface area contributed by atoms with E-state index in [1.54, 1.807) is 0 Å². The maximum absolute atomic E-state index is 3.71. The third kappa shape index (κ3) is 4.19. The van der Waals surface area contributed by atoms with Crippen molar-refractivity contribution in [3.05, 3.63) is 20.8 Å². The van der Waals surface area contributed by atoms with Gasteiger partial charge < -0.3 is 5.32 Å². The number of hydrogen-bond donors (Lipinski definition) is 1. The summed E-state index contributed by atoms with van der Waals surface area (Å²) in [6, 6.07) is 2.97.